The SMILES string of the molecule is O=CCn1c(=O)n(CC(=O)O)c2ccccc21. The van der Waals surface area contributed by atoms with E-state index in [-0.39, 0.29) is 6.54 Å². The zero-order chi connectivity index (χ0) is 12.4. The van der Waals surface area contributed by atoms with Gasteiger partial charge in [-0.3, -0.25) is 13.9 Å². The number of hydrogen-bond acceptors (Lipinski definition) is 3. The molecule has 1 heterocycles. The van der Waals surface area contributed by atoms with E-state index in [2.05, 4.69) is 0 Å². The number of benzene rings is 1. The molecule has 0 fully saturated rings. The van der Waals surface area contributed by atoms with Crippen molar-refractivity contribution in [2.75, 3.05) is 0 Å². The van der Waals surface area contributed by atoms with Crippen molar-refractivity contribution in [3.05, 3.63) is 34.7 Å². The van der Waals surface area contributed by atoms with Gasteiger partial charge in [-0.15, -0.1) is 0 Å². The van der Waals surface area contributed by atoms with E-state index in [4.69, 9.17) is 5.11 Å². The quantitative estimate of drug-likeness (QED) is 0.760. The molecule has 88 valence electrons. The molecule has 1 aromatic heterocycles. The Morgan fingerprint density at radius 3 is 2.35 bits per heavy atom. The van der Waals surface area contributed by atoms with Crippen LogP contribution in [0.25, 0.3) is 11.0 Å². The highest BCUT2D eigenvalue weighted by atomic mass is 16.4. The molecule has 0 spiro atoms. The van der Waals surface area contributed by atoms with Crippen LogP contribution in [0.1, 0.15) is 0 Å². The molecule has 0 aliphatic carbocycles. The van der Waals surface area contributed by atoms with Gasteiger partial charge in [0.15, 0.2) is 0 Å². The van der Waals surface area contributed by atoms with E-state index >= 15 is 0 Å². The molecular formula is C11H10N2O4. The summed E-state index contributed by atoms with van der Waals surface area (Å²) in [4.78, 5) is 33.1. The molecule has 6 heteroatoms. The lowest BCUT2D eigenvalue weighted by Crippen LogP contribution is -2.27. The summed E-state index contributed by atoms with van der Waals surface area (Å²) in [5.74, 6) is -1.10. The summed E-state index contributed by atoms with van der Waals surface area (Å²) in [6.07, 6.45) is 0.610. The summed E-state index contributed by atoms with van der Waals surface area (Å²) in [5.41, 5.74) is 0.591. The summed E-state index contributed by atoms with van der Waals surface area (Å²) in [6.45, 7) is -0.489. The topological polar surface area (TPSA) is 81.3 Å². The third-order valence-electron chi connectivity index (χ3n) is 2.48. The number of carbonyl (C=O) groups is 2. The molecule has 6 nitrogen and oxygen atoms in total. The van der Waals surface area contributed by atoms with Gasteiger partial charge in [-0.05, 0) is 12.1 Å². The van der Waals surface area contributed by atoms with Gasteiger partial charge >= 0.3 is 11.7 Å². The third kappa shape index (κ3) is 1.84. The number of fused-ring (bicyclic) bond motifs is 1. The predicted molar refractivity (Wildman–Crippen MR) is 59.9 cm³/mol. The fourth-order valence-corrected chi connectivity index (χ4v) is 1.81. The standard InChI is InChI=1S/C11H10N2O4/c14-6-5-12-8-3-1-2-4-9(8)13(11(12)17)7-10(15)16/h1-4,6H,5,7H2,(H,15,16). The number of imidazole rings is 1. The van der Waals surface area contributed by atoms with Gasteiger partial charge in [0.1, 0.15) is 12.8 Å². The van der Waals surface area contributed by atoms with Crippen LogP contribution in [-0.4, -0.2) is 26.5 Å². The van der Waals surface area contributed by atoms with Gasteiger partial charge in [0, 0.05) is 0 Å². The maximum Gasteiger partial charge on any atom is 0.330 e. The average Bonchev–Trinajstić information content (AvgIpc) is 2.55. The van der Waals surface area contributed by atoms with E-state index in [0.29, 0.717) is 17.3 Å². The van der Waals surface area contributed by atoms with Gasteiger partial charge in [-0.2, -0.15) is 0 Å². The minimum Gasteiger partial charge on any atom is -0.480 e. The average molecular weight is 234 g/mol. The normalized spacial score (nSPS) is 10.6. The lowest BCUT2D eigenvalue weighted by atomic mass is 10.3. The van der Waals surface area contributed by atoms with Crippen LogP contribution in [0.5, 0.6) is 0 Å². The van der Waals surface area contributed by atoms with Gasteiger partial charge in [0.25, 0.3) is 0 Å². The minimum absolute atomic E-state index is 0.0774. The lowest BCUT2D eigenvalue weighted by Gasteiger charge is -1.96. The maximum atomic E-state index is 11.9. The van der Waals surface area contributed by atoms with Gasteiger partial charge in [-0.25, -0.2) is 4.79 Å². The summed E-state index contributed by atoms with van der Waals surface area (Å²) in [7, 11) is 0. The molecule has 1 N–H and O–H groups in total. The Morgan fingerprint density at radius 2 is 1.82 bits per heavy atom. The number of carboxylic acids is 1. The van der Waals surface area contributed by atoms with E-state index < -0.39 is 18.2 Å². The van der Waals surface area contributed by atoms with E-state index in [1.54, 1.807) is 24.3 Å². The van der Waals surface area contributed by atoms with Crippen LogP contribution >= 0.6 is 0 Å². The monoisotopic (exact) mass is 234 g/mol. The highest BCUT2D eigenvalue weighted by molar-refractivity contribution is 5.79. The van der Waals surface area contributed by atoms with Crippen molar-refractivity contribution in [2.24, 2.45) is 0 Å². The van der Waals surface area contributed by atoms with Crippen LogP contribution in [0.4, 0.5) is 0 Å². The summed E-state index contributed by atoms with van der Waals surface area (Å²) in [5, 5.41) is 8.75. The van der Waals surface area contributed by atoms with Gasteiger partial charge in [0.05, 0.1) is 17.6 Å². The van der Waals surface area contributed by atoms with Crippen molar-refractivity contribution in [1.82, 2.24) is 9.13 Å². The molecule has 0 bridgehead atoms. The molecule has 0 amide bonds. The number of aliphatic carboxylic acids is 1. The molecule has 17 heavy (non-hydrogen) atoms. The van der Waals surface area contributed by atoms with E-state index in [9.17, 15) is 14.4 Å². The Labute approximate surface area is 95.7 Å². The van der Waals surface area contributed by atoms with E-state index in [0.717, 1.165) is 4.57 Å². The highest BCUT2D eigenvalue weighted by Gasteiger charge is 2.13. The largest absolute Gasteiger partial charge is 0.480 e. The molecule has 0 aliphatic heterocycles. The Kier molecular flexibility index (Phi) is 2.78. The van der Waals surface area contributed by atoms with Crippen LogP contribution < -0.4 is 5.69 Å². The number of rotatable bonds is 4. The summed E-state index contributed by atoms with van der Waals surface area (Å²) in [6, 6.07) is 6.78. The number of hydrogen-bond donors (Lipinski definition) is 1. The first-order chi connectivity index (χ1) is 8.15. The molecule has 0 saturated heterocycles. The molecule has 2 rings (SSSR count). The molecule has 0 saturated carbocycles. The zero-order valence-corrected chi connectivity index (χ0v) is 8.87. The first-order valence-corrected chi connectivity index (χ1v) is 4.98. The van der Waals surface area contributed by atoms with Crippen molar-refractivity contribution < 1.29 is 14.7 Å². The second-order valence-corrected chi connectivity index (χ2v) is 3.53. The number of aldehydes is 1. The smallest absolute Gasteiger partial charge is 0.330 e. The molecule has 2 aromatic rings. The first-order valence-electron chi connectivity index (χ1n) is 4.98. The van der Waals surface area contributed by atoms with Crippen molar-refractivity contribution in [3.63, 3.8) is 0 Å². The molecule has 0 atom stereocenters. The van der Waals surface area contributed by atoms with Crippen LogP contribution in [0.2, 0.25) is 0 Å². The van der Waals surface area contributed by atoms with Crippen LogP contribution in [-0.2, 0) is 22.7 Å². The second kappa shape index (κ2) is 4.25. The number of aromatic nitrogens is 2. The lowest BCUT2D eigenvalue weighted by molar-refractivity contribution is -0.137. The molecule has 1 aromatic carbocycles. The number of nitrogens with zero attached hydrogens (tertiary/aromatic N) is 2. The van der Waals surface area contributed by atoms with Crippen molar-refractivity contribution in [1.29, 1.82) is 0 Å². The van der Waals surface area contributed by atoms with Gasteiger partial charge < -0.3 is 9.90 Å². The second-order valence-electron chi connectivity index (χ2n) is 3.53. The first kappa shape index (κ1) is 11.1. The summed E-state index contributed by atoms with van der Waals surface area (Å²) < 4.78 is 2.40. The Balaban J connectivity index is 2.74. The maximum absolute atomic E-state index is 11.9. The van der Waals surface area contributed by atoms with Crippen LogP contribution in [0.3, 0.4) is 0 Å². The Bertz CT molecular complexity index is 638. The molecule has 0 unspecified atom stereocenters. The van der Waals surface area contributed by atoms with E-state index in [1.807, 2.05) is 0 Å². The zero-order valence-electron chi connectivity index (χ0n) is 8.87. The fourth-order valence-electron chi connectivity index (χ4n) is 1.81. The van der Waals surface area contributed by atoms with Gasteiger partial charge in [0.2, 0.25) is 0 Å². The number of carbonyl (C=O) groups excluding carboxylic acids is 1. The summed E-state index contributed by atoms with van der Waals surface area (Å²) >= 11 is 0. The highest BCUT2D eigenvalue weighted by Crippen LogP contribution is 2.12. The Hall–Kier alpha value is -2.37. The minimum atomic E-state index is -1.10. The number of carboxylic acid groups (broad SMARTS) is 1. The Morgan fingerprint density at radius 1 is 1.24 bits per heavy atom. The van der Waals surface area contributed by atoms with E-state index in [1.165, 1.54) is 4.57 Å². The molecule has 0 radical (unpaired) electrons. The fraction of sp³-hybridized carbons (Fsp3) is 0.182. The molecular weight excluding hydrogens is 224 g/mol. The molecule has 0 aliphatic rings. The predicted octanol–water partition coefficient (Wildman–Crippen LogP) is 0.0865. The van der Waals surface area contributed by atoms with Crippen LogP contribution in [0, 0.1) is 0 Å². The van der Waals surface area contributed by atoms with Crippen molar-refractivity contribution >= 4 is 23.3 Å². The third-order valence-corrected chi connectivity index (χ3v) is 2.48. The number of para-hydroxylation sites is 2. The van der Waals surface area contributed by atoms with Crippen LogP contribution in [0.15, 0.2) is 29.1 Å². The van der Waals surface area contributed by atoms with Crippen molar-refractivity contribution in [2.45, 2.75) is 13.1 Å². The van der Waals surface area contributed by atoms with Crippen molar-refractivity contribution in [3.8, 4) is 0 Å². The van der Waals surface area contributed by atoms with Gasteiger partial charge in [-0.1, -0.05) is 12.1 Å².